The van der Waals surface area contributed by atoms with Gasteiger partial charge in [0.15, 0.2) is 0 Å². The van der Waals surface area contributed by atoms with Crippen LogP contribution in [0.15, 0.2) is 0 Å². The normalized spacial score (nSPS) is 0. The van der Waals surface area contributed by atoms with Crippen LogP contribution in [0.1, 0.15) is 0 Å². The minimum Gasteiger partial charge on any atom is -2.00 e. The molecule has 4 heteroatoms. The summed E-state index contributed by atoms with van der Waals surface area (Å²) in [6.07, 6.45) is 0. The summed E-state index contributed by atoms with van der Waals surface area (Å²) < 4.78 is 0. The Labute approximate surface area is 48.3 Å². The Morgan fingerprint density at radius 1 is 0.750 bits per heavy atom. The van der Waals surface area contributed by atoms with Crippen molar-refractivity contribution in [1.29, 1.82) is 0 Å². The average Bonchev–Trinajstić information content (AvgIpc) is 0. The van der Waals surface area contributed by atoms with Gasteiger partial charge in [-0.3, -0.25) is 0 Å². The van der Waals surface area contributed by atoms with Gasteiger partial charge in [0.05, 0.1) is 0 Å². The molecule has 0 aliphatic heterocycles. The molecule has 0 bridgehead atoms. The van der Waals surface area contributed by atoms with Gasteiger partial charge in [-0.25, -0.2) is 0 Å². The summed E-state index contributed by atoms with van der Waals surface area (Å²) in [4.78, 5) is 0. The van der Waals surface area contributed by atoms with E-state index in [9.17, 15) is 0 Å². The molecule has 0 spiro atoms. The molecule has 0 N–H and O–H groups in total. The van der Waals surface area contributed by atoms with E-state index >= 15 is 0 Å². The molecule has 0 saturated carbocycles. The van der Waals surface area contributed by atoms with E-state index in [0.717, 1.165) is 0 Å². The van der Waals surface area contributed by atoms with Crippen LogP contribution in [0, 0.1) is 0 Å². The third kappa shape index (κ3) is 11.4. The maximum atomic E-state index is 0. The minimum atomic E-state index is 0. The molecule has 0 aliphatic rings. The minimum absolute atomic E-state index is 0. The zero-order valence-electron chi connectivity index (χ0n) is 2.02. The van der Waals surface area contributed by atoms with Crippen LogP contribution in [-0.2, 0) is 30.4 Å². The van der Waals surface area contributed by atoms with E-state index in [1.54, 1.807) is 0 Å². The summed E-state index contributed by atoms with van der Waals surface area (Å²) in [5.74, 6) is 0. The SMILES string of the molecule is [Ge].[O-2].[O-2].[Zn+2]. The van der Waals surface area contributed by atoms with Crippen molar-refractivity contribution in [3.63, 3.8) is 0 Å². The summed E-state index contributed by atoms with van der Waals surface area (Å²) in [5, 5.41) is 0. The van der Waals surface area contributed by atoms with Gasteiger partial charge in [-0.15, -0.1) is 0 Å². The van der Waals surface area contributed by atoms with Crippen molar-refractivity contribution in [1.82, 2.24) is 0 Å². The van der Waals surface area contributed by atoms with Crippen molar-refractivity contribution in [3.8, 4) is 0 Å². The number of rotatable bonds is 0. The van der Waals surface area contributed by atoms with Crippen LogP contribution >= 0.6 is 0 Å². The van der Waals surface area contributed by atoms with Crippen LogP contribution in [0.4, 0.5) is 0 Å². The molecular formula is GeO2Zn-2. The van der Waals surface area contributed by atoms with Crippen LogP contribution in [0.25, 0.3) is 0 Å². The monoisotopic (exact) mass is 170 g/mol. The summed E-state index contributed by atoms with van der Waals surface area (Å²) in [5.41, 5.74) is 0. The zero-order valence-corrected chi connectivity index (χ0v) is 7.09. The van der Waals surface area contributed by atoms with Gasteiger partial charge in [-0.1, -0.05) is 0 Å². The molecule has 0 rings (SSSR count). The third-order valence-corrected chi connectivity index (χ3v) is 0. The molecule has 0 aromatic rings. The molecule has 4 heavy (non-hydrogen) atoms. The van der Waals surface area contributed by atoms with Gasteiger partial charge < -0.3 is 11.0 Å². The van der Waals surface area contributed by atoms with Gasteiger partial charge in [0.25, 0.3) is 0 Å². The number of hydrogen-bond donors (Lipinski definition) is 0. The fourth-order valence-corrected chi connectivity index (χ4v) is 0. The quantitative estimate of drug-likeness (QED) is 0.435. The van der Waals surface area contributed by atoms with E-state index in [1.807, 2.05) is 0 Å². The predicted molar refractivity (Wildman–Crippen MR) is 7.13 cm³/mol. The van der Waals surface area contributed by atoms with Crippen LogP contribution < -0.4 is 0 Å². The molecule has 0 saturated heterocycles. The first-order valence-electron chi connectivity index (χ1n) is 0. The summed E-state index contributed by atoms with van der Waals surface area (Å²) >= 11 is 0. The van der Waals surface area contributed by atoms with Crippen molar-refractivity contribution >= 4 is 17.6 Å². The molecule has 0 unspecified atom stereocenters. The summed E-state index contributed by atoms with van der Waals surface area (Å²) in [6.45, 7) is 0. The maximum Gasteiger partial charge on any atom is 2.00 e. The fourth-order valence-electron chi connectivity index (χ4n) is 0. The van der Waals surface area contributed by atoms with E-state index in [0.29, 0.717) is 0 Å². The van der Waals surface area contributed by atoms with Gasteiger partial charge in [0.2, 0.25) is 0 Å². The summed E-state index contributed by atoms with van der Waals surface area (Å²) in [7, 11) is 0. The molecule has 2 nitrogen and oxygen atoms in total. The molecule has 0 aromatic carbocycles. The molecule has 20 valence electrons. The Morgan fingerprint density at radius 2 is 0.750 bits per heavy atom. The Hall–Kier alpha value is 1.09. The van der Waals surface area contributed by atoms with Crippen molar-refractivity contribution < 1.29 is 30.4 Å². The second-order valence-corrected chi connectivity index (χ2v) is 0. The van der Waals surface area contributed by atoms with E-state index in [4.69, 9.17) is 0 Å². The van der Waals surface area contributed by atoms with Crippen molar-refractivity contribution in [2.24, 2.45) is 0 Å². The van der Waals surface area contributed by atoms with E-state index in [-0.39, 0.29) is 48.0 Å². The smallest absolute Gasteiger partial charge is 2.00 e. The maximum absolute atomic E-state index is 0. The van der Waals surface area contributed by atoms with E-state index in [1.165, 1.54) is 0 Å². The van der Waals surface area contributed by atoms with Crippen LogP contribution in [0.2, 0.25) is 0 Å². The molecular weight excluding hydrogens is 170 g/mol. The Bertz CT molecular complexity index is 6.00. The first-order chi connectivity index (χ1) is 0. The summed E-state index contributed by atoms with van der Waals surface area (Å²) in [6, 6.07) is 0. The second-order valence-electron chi connectivity index (χ2n) is 0. The van der Waals surface area contributed by atoms with Crippen molar-refractivity contribution in [2.45, 2.75) is 0 Å². The van der Waals surface area contributed by atoms with Crippen LogP contribution in [0.5, 0.6) is 0 Å². The zero-order chi connectivity index (χ0) is 0. The first-order valence-corrected chi connectivity index (χ1v) is 0. The van der Waals surface area contributed by atoms with Crippen molar-refractivity contribution in [3.05, 3.63) is 0 Å². The van der Waals surface area contributed by atoms with Gasteiger partial charge in [0.1, 0.15) is 0 Å². The number of hydrogen-bond acceptors (Lipinski definition) is 0. The molecule has 4 radical (unpaired) electrons. The van der Waals surface area contributed by atoms with E-state index < -0.39 is 0 Å². The fraction of sp³-hybridized carbons (Fsp3) is 0. The topological polar surface area (TPSA) is 57.0 Å². The molecule has 0 atom stereocenters. The average molecular weight is 170 g/mol. The predicted octanol–water partition coefficient (Wildman–Crippen LogP) is -0.621. The molecule has 0 aliphatic carbocycles. The Morgan fingerprint density at radius 3 is 0.750 bits per heavy atom. The van der Waals surface area contributed by atoms with Gasteiger partial charge in [0, 0.05) is 17.6 Å². The van der Waals surface area contributed by atoms with Crippen molar-refractivity contribution in [2.75, 3.05) is 0 Å². The Kier molecular flexibility index (Phi) is 594. The van der Waals surface area contributed by atoms with Gasteiger partial charge in [-0.2, -0.15) is 0 Å². The molecule has 0 heterocycles. The molecule has 0 amide bonds. The van der Waals surface area contributed by atoms with Crippen LogP contribution in [-0.4, -0.2) is 17.6 Å². The third-order valence-electron chi connectivity index (χ3n) is 0. The molecule has 0 aromatic heterocycles. The first kappa shape index (κ1) is 72.0. The van der Waals surface area contributed by atoms with Crippen LogP contribution in [0.3, 0.4) is 0 Å². The second kappa shape index (κ2) is 33.0. The standard InChI is InChI=1S/Ge.2O.Zn/q;2*-2;+2. The van der Waals surface area contributed by atoms with Gasteiger partial charge >= 0.3 is 19.5 Å². The van der Waals surface area contributed by atoms with Gasteiger partial charge in [-0.05, 0) is 0 Å². The largest absolute Gasteiger partial charge is 2.00 e. The Balaban J connectivity index is 0. The van der Waals surface area contributed by atoms with E-state index in [2.05, 4.69) is 0 Å². The molecule has 0 fully saturated rings.